The predicted octanol–water partition coefficient (Wildman–Crippen LogP) is 4.10. The molecule has 8 heteroatoms. The normalized spacial score (nSPS) is 16.7. The van der Waals surface area contributed by atoms with E-state index < -0.39 is 23.6 Å². The third-order valence-corrected chi connectivity index (χ3v) is 5.07. The first-order valence-corrected chi connectivity index (χ1v) is 9.75. The molecule has 0 bridgehead atoms. The highest BCUT2D eigenvalue weighted by molar-refractivity contribution is 5.94. The van der Waals surface area contributed by atoms with Crippen molar-refractivity contribution >= 4 is 5.91 Å². The van der Waals surface area contributed by atoms with Gasteiger partial charge in [-0.3, -0.25) is 4.79 Å². The standard InChI is InChI=1S/C22H21F2N3O3/c1-3-19-21(13(2)26-30-19)18-6-4-5-17(25-18)20-12-27(7-8-29-20)22(28)14-9-15(23)11-16(24)10-14/h4-6,9-11,20H,3,7-8,12H2,1-2H3. The third-order valence-electron chi connectivity index (χ3n) is 5.07. The van der Waals surface area contributed by atoms with Gasteiger partial charge < -0.3 is 14.2 Å². The SMILES string of the molecule is CCc1onc(C)c1-c1cccc(C2CN(C(=O)c3cc(F)cc(F)c3)CCO2)n1. The third kappa shape index (κ3) is 3.95. The second kappa shape index (κ2) is 8.31. The summed E-state index contributed by atoms with van der Waals surface area (Å²) in [4.78, 5) is 19.0. The van der Waals surface area contributed by atoms with E-state index in [-0.39, 0.29) is 12.1 Å². The van der Waals surface area contributed by atoms with Crippen molar-refractivity contribution in [2.24, 2.45) is 0 Å². The lowest BCUT2D eigenvalue weighted by molar-refractivity contribution is -0.0247. The number of benzene rings is 1. The molecule has 4 rings (SSSR count). The zero-order valence-electron chi connectivity index (χ0n) is 16.7. The zero-order valence-corrected chi connectivity index (χ0v) is 16.7. The van der Waals surface area contributed by atoms with Crippen molar-refractivity contribution in [3.63, 3.8) is 0 Å². The van der Waals surface area contributed by atoms with Crippen LogP contribution in [0.4, 0.5) is 8.78 Å². The number of aromatic nitrogens is 2. The van der Waals surface area contributed by atoms with Gasteiger partial charge in [0, 0.05) is 24.6 Å². The summed E-state index contributed by atoms with van der Waals surface area (Å²) < 4.78 is 38.2. The van der Waals surface area contributed by atoms with Crippen molar-refractivity contribution in [2.75, 3.05) is 19.7 Å². The summed E-state index contributed by atoms with van der Waals surface area (Å²) in [5, 5.41) is 4.03. The van der Waals surface area contributed by atoms with Crippen molar-refractivity contribution in [1.29, 1.82) is 0 Å². The van der Waals surface area contributed by atoms with Gasteiger partial charge in [0.25, 0.3) is 5.91 Å². The number of amides is 1. The van der Waals surface area contributed by atoms with Crippen LogP contribution in [0.15, 0.2) is 40.9 Å². The van der Waals surface area contributed by atoms with E-state index in [1.54, 1.807) is 0 Å². The Bertz CT molecular complexity index is 1060. The minimum Gasteiger partial charge on any atom is -0.368 e. The van der Waals surface area contributed by atoms with E-state index in [0.29, 0.717) is 25.3 Å². The molecule has 0 aliphatic carbocycles. The van der Waals surface area contributed by atoms with Crippen LogP contribution < -0.4 is 0 Å². The van der Waals surface area contributed by atoms with Gasteiger partial charge in [0.2, 0.25) is 0 Å². The fourth-order valence-corrected chi connectivity index (χ4v) is 3.63. The number of hydrogen-bond acceptors (Lipinski definition) is 5. The Labute approximate surface area is 172 Å². The van der Waals surface area contributed by atoms with Gasteiger partial charge in [-0.2, -0.15) is 0 Å². The Kier molecular flexibility index (Phi) is 5.59. The topological polar surface area (TPSA) is 68.5 Å². The molecule has 0 spiro atoms. The zero-order chi connectivity index (χ0) is 21.3. The summed E-state index contributed by atoms with van der Waals surface area (Å²) in [7, 11) is 0. The highest BCUT2D eigenvalue weighted by Crippen LogP contribution is 2.29. The fourth-order valence-electron chi connectivity index (χ4n) is 3.63. The number of halogens is 2. The lowest BCUT2D eigenvalue weighted by Crippen LogP contribution is -2.42. The maximum Gasteiger partial charge on any atom is 0.254 e. The van der Waals surface area contributed by atoms with Crippen LogP contribution in [0.1, 0.15) is 40.5 Å². The molecule has 1 saturated heterocycles. The molecule has 0 radical (unpaired) electrons. The quantitative estimate of drug-likeness (QED) is 0.644. The van der Waals surface area contributed by atoms with Gasteiger partial charge in [-0.05, 0) is 31.2 Å². The minimum absolute atomic E-state index is 0.0254. The van der Waals surface area contributed by atoms with Gasteiger partial charge in [0.05, 0.1) is 35.8 Å². The van der Waals surface area contributed by atoms with E-state index in [4.69, 9.17) is 14.2 Å². The summed E-state index contributed by atoms with van der Waals surface area (Å²) in [6.45, 7) is 4.71. The van der Waals surface area contributed by atoms with Gasteiger partial charge in [0.1, 0.15) is 23.5 Å². The lowest BCUT2D eigenvalue weighted by Gasteiger charge is -2.33. The van der Waals surface area contributed by atoms with E-state index in [9.17, 15) is 13.6 Å². The molecule has 2 aromatic heterocycles. The molecule has 1 aromatic carbocycles. The number of ether oxygens (including phenoxy) is 1. The summed E-state index contributed by atoms with van der Waals surface area (Å²) in [5.41, 5.74) is 2.98. The number of aryl methyl sites for hydroxylation is 2. The summed E-state index contributed by atoms with van der Waals surface area (Å²) in [5.74, 6) is -1.26. The lowest BCUT2D eigenvalue weighted by atomic mass is 10.1. The van der Waals surface area contributed by atoms with E-state index in [1.807, 2.05) is 32.0 Å². The van der Waals surface area contributed by atoms with Gasteiger partial charge >= 0.3 is 0 Å². The van der Waals surface area contributed by atoms with Crippen LogP contribution in [-0.2, 0) is 11.2 Å². The Balaban J connectivity index is 1.58. The number of carbonyl (C=O) groups excluding carboxylic acids is 1. The van der Waals surface area contributed by atoms with E-state index >= 15 is 0 Å². The molecule has 156 valence electrons. The first kappa shape index (κ1) is 20.2. The Hall–Kier alpha value is -3.13. The maximum atomic E-state index is 13.5. The Morgan fingerprint density at radius 2 is 2.00 bits per heavy atom. The van der Waals surface area contributed by atoms with Crippen LogP contribution in [-0.4, -0.2) is 40.6 Å². The summed E-state index contributed by atoms with van der Waals surface area (Å²) in [6, 6.07) is 8.40. The van der Waals surface area contributed by atoms with Crippen molar-refractivity contribution in [3.8, 4) is 11.3 Å². The molecule has 0 saturated carbocycles. The predicted molar refractivity (Wildman–Crippen MR) is 105 cm³/mol. The van der Waals surface area contributed by atoms with Gasteiger partial charge in [-0.15, -0.1) is 0 Å². The van der Waals surface area contributed by atoms with Crippen LogP contribution in [0, 0.1) is 18.6 Å². The van der Waals surface area contributed by atoms with Crippen molar-refractivity contribution in [2.45, 2.75) is 26.4 Å². The minimum atomic E-state index is -0.784. The highest BCUT2D eigenvalue weighted by atomic mass is 19.1. The van der Waals surface area contributed by atoms with Gasteiger partial charge in [0.15, 0.2) is 0 Å². The molecule has 1 aliphatic rings. The highest BCUT2D eigenvalue weighted by Gasteiger charge is 2.28. The number of pyridine rings is 1. The molecule has 1 aliphatic heterocycles. The largest absolute Gasteiger partial charge is 0.368 e. The van der Waals surface area contributed by atoms with E-state index in [1.165, 1.54) is 4.90 Å². The second-order valence-corrected chi connectivity index (χ2v) is 7.14. The molecular formula is C22H21F2N3O3. The second-order valence-electron chi connectivity index (χ2n) is 7.14. The van der Waals surface area contributed by atoms with Crippen LogP contribution in [0.3, 0.4) is 0 Å². The van der Waals surface area contributed by atoms with Crippen LogP contribution >= 0.6 is 0 Å². The Morgan fingerprint density at radius 1 is 1.23 bits per heavy atom. The van der Waals surface area contributed by atoms with Crippen molar-refractivity contribution in [1.82, 2.24) is 15.0 Å². The summed E-state index contributed by atoms with van der Waals surface area (Å²) in [6.07, 6.45) is 0.236. The van der Waals surface area contributed by atoms with Crippen LogP contribution in [0.25, 0.3) is 11.3 Å². The molecule has 6 nitrogen and oxygen atoms in total. The van der Waals surface area contributed by atoms with Crippen LogP contribution in [0.2, 0.25) is 0 Å². The Morgan fingerprint density at radius 3 is 2.73 bits per heavy atom. The van der Waals surface area contributed by atoms with Crippen LogP contribution in [0.5, 0.6) is 0 Å². The molecule has 0 N–H and O–H groups in total. The number of rotatable bonds is 4. The number of morpholine rings is 1. The molecule has 1 amide bonds. The van der Waals surface area contributed by atoms with Gasteiger partial charge in [-0.25, -0.2) is 13.8 Å². The molecule has 1 fully saturated rings. The average Bonchev–Trinajstić information content (AvgIpc) is 3.13. The molecule has 3 aromatic rings. The molecule has 1 unspecified atom stereocenters. The molecule has 3 heterocycles. The van der Waals surface area contributed by atoms with E-state index in [0.717, 1.165) is 40.9 Å². The maximum absolute atomic E-state index is 13.5. The first-order chi connectivity index (χ1) is 14.5. The van der Waals surface area contributed by atoms with Crippen molar-refractivity contribution in [3.05, 3.63) is 70.7 Å². The fraction of sp³-hybridized carbons (Fsp3) is 0.318. The van der Waals surface area contributed by atoms with Gasteiger partial charge in [-0.1, -0.05) is 18.1 Å². The summed E-state index contributed by atoms with van der Waals surface area (Å²) >= 11 is 0. The number of carbonyl (C=O) groups is 1. The van der Waals surface area contributed by atoms with Crippen molar-refractivity contribution < 1.29 is 22.8 Å². The molecule has 30 heavy (non-hydrogen) atoms. The first-order valence-electron chi connectivity index (χ1n) is 9.75. The average molecular weight is 413 g/mol. The molecule has 1 atom stereocenters. The van der Waals surface area contributed by atoms with E-state index in [2.05, 4.69) is 5.16 Å². The monoisotopic (exact) mass is 413 g/mol. The number of nitrogens with zero attached hydrogens (tertiary/aromatic N) is 3. The molecular weight excluding hydrogens is 392 g/mol. The smallest absolute Gasteiger partial charge is 0.254 e. The number of hydrogen-bond donors (Lipinski definition) is 0.